The number of rotatable bonds is 9. The second-order valence-corrected chi connectivity index (χ2v) is 11.1. The molecule has 1 saturated carbocycles. The van der Waals surface area contributed by atoms with Crippen LogP contribution in [-0.4, -0.2) is 71.2 Å². The summed E-state index contributed by atoms with van der Waals surface area (Å²) >= 11 is 0. The number of aromatic nitrogens is 1. The van der Waals surface area contributed by atoms with E-state index < -0.39 is 0 Å². The van der Waals surface area contributed by atoms with E-state index in [9.17, 15) is 9.90 Å². The number of carbonyl (C=O) groups excluding carboxylic acids is 1. The first-order valence-electron chi connectivity index (χ1n) is 14.5. The Hall–Kier alpha value is -2.80. The molecule has 5 rings (SSSR count). The summed E-state index contributed by atoms with van der Waals surface area (Å²) in [6.07, 6.45) is 7.04. The molecule has 2 aliphatic rings. The summed E-state index contributed by atoms with van der Waals surface area (Å²) in [5.41, 5.74) is 4.61. The van der Waals surface area contributed by atoms with E-state index in [0.717, 1.165) is 72.4 Å². The lowest BCUT2D eigenvalue weighted by atomic mass is 9.84. The topological polar surface area (TPSA) is 68.7 Å². The van der Waals surface area contributed by atoms with Gasteiger partial charge in [-0.3, -0.25) is 9.69 Å². The number of nitrogens with one attached hydrogen (secondary N) is 1. The lowest BCUT2D eigenvalue weighted by Crippen LogP contribution is -2.46. The monoisotopic (exact) mass is 514 g/mol. The average molecular weight is 515 g/mol. The summed E-state index contributed by atoms with van der Waals surface area (Å²) in [5, 5.41) is 13.6. The van der Waals surface area contributed by atoms with Gasteiger partial charge in [-0.05, 0) is 38.2 Å². The van der Waals surface area contributed by atoms with Crippen LogP contribution in [0.15, 0.2) is 54.6 Å². The molecule has 1 aliphatic heterocycles. The number of piperazine rings is 1. The predicted molar refractivity (Wildman–Crippen MR) is 154 cm³/mol. The fourth-order valence-electron chi connectivity index (χ4n) is 6.22. The van der Waals surface area contributed by atoms with Crippen molar-refractivity contribution in [3.63, 3.8) is 0 Å². The van der Waals surface area contributed by atoms with Gasteiger partial charge < -0.3 is 15.3 Å². The number of amides is 1. The molecular weight excluding hydrogens is 472 g/mol. The van der Waals surface area contributed by atoms with Crippen LogP contribution in [0.3, 0.4) is 0 Å². The first-order chi connectivity index (χ1) is 18.6. The van der Waals surface area contributed by atoms with Gasteiger partial charge in [-0.2, -0.15) is 0 Å². The van der Waals surface area contributed by atoms with Crippen molar-refractivity contribution in [1.82, 2.24) is 20.1 Å². The van der Waals surface area contributed by atoms with Gasteiger partial charge in [0.1, 0.15) is 0 Å². The summed E-state index contributed by atoms with van der Waals surface area (Å²) in [5.74, 6) is 0.570. The number of nitrogens with zero attached hydrogens (tertiary/aromatic N) is 3. The number of aliphatic hydroxyl groups excluding tert-OH is 1. The van der Waals surface area contributed by atoms with Gasteiger partial charge in [0, 0.05) is 68.4 Å². The molecule has 1 aliphatic carbocycles. The fourth-order valence-corrected chi connectivity index (χ4v) is 6.22. The largest absolute Gasteiger partial charge is 0.396 e. The van der Waals surface area contributed by atoms with E-state index in [0.29, 0.717) is 12.5 Å². The van der Waals surface area contributed by atoms with Gasteiger partial charge in [-0.15, -0.1) is 0 Å². The van der Waals surface area contributed by atoms with Crippen molar-refractivity contribution in [2.75, 3.05) is 39.3 Å². The lowest BCUT2D eigenvalue weighted by Gasteiger charge is -2.35. The van der Waals surface area contributed by atoms with E-state index >= 15 is 0 Å². The molecule has 6 nitrogen and oxygen atoms in total. The number of hydrogen-bond donors (Lipinski definition) is 2. The minimum atomic E-state index is 0.0236. The summed E-state index contributed by atoms with van der Waals surface area (Å²) in [6.45, 7) is 7.87. The molecule has 2 aromatic carbocycles. The van der Waals surface area contributed by atoms with Crippen LogP contribution < -0.4 is 5.32 Å². The zero-order chi connectivity index (χ0) is 26.3. The van der Waals surface area contributed by atoms with Crippen LogP contribution >= 0.6 is 0 Å². The molecule has 2 heterocycles. The number of carbonyl (C=O) groups is 1. The minimum Gasteiger partial charge on any atom is -0.396 e. The normalized spacial score (nSPS) is 18.5. The van der Waals surface area contributed by atoms with Gasteiger partial charge in [0.15, 0.2) is 0 Å². The summed E-state index contributed by atoms with van der Waals surface area (Å²) < 4.78 is 0. The van der Waals surface area contributed by atoms with E-state index in [2.05, 4.69) is 34.2 Å². The molecule has 2 fully saturated rings. The number of fused-ring (bicyclic) bond motifs is 1. The molecule has 1 saturated heterocycles. The highest BCUT2D eigenvalue weighted by Crippen LogP contribution is 2.32. The molecule has 38 heavy (non-hydrogen) atoms. The molecule has 1 aromatic heterocycles. The molecule has 1 atom stereocenters. The van der Waals surface area contributed by atoms with Crippen molar-refractivity contribution in [3.05, 3.63) is 65.7 Å². The third kappa shape index (κ3) is 6.25. The van der Waals surface area contributed by atoms with Gasteiger partial charge in [-0.1, -0.05) is 67.8 Å². The number of benzene rings is 2. The Morgan fingerprint density at radius 1 is 0.974 bits per heavy atom. The van der Waals surface area contributed by atoms with Crippen LogP contribution in [-0.2, 0) is 6.54 Å². The van der Waals surface area contributed by atoms with E-state index in [1.54, 1.807) is 0 Å². The van der Waals surface area contributed by atoms with Crippen molar-refractivity contribution in [2.45, 2.75) is 58.0 Å². The van der Waals surface area contributed by atoms with Crippen LogP contribution in [0.1, 0.15) is 61.4 Å². The highest BCUT2D eigenvalue weighted by molar-refractivity contribution is 6.09. The first kappa shape index (κ1) is 26.8. The Bertz CT molecular complexity index is 1200. The Morgan fingerprint density at radius 3 is 2.39 bits per heavy atom. The van der Waals surface area contributed by atoms with Gasteiger partial charge in [0.25, 0.3) is 5.91 Å². The third-order valence-electron chi connectivity index (χ3n) is 8.46. The predicted octanol–water partition coefficient (Wildman–Crippen LogP) is 5.10. The summed E-state index contributed by atoms with van der Waals surface area (Å²) in [6, 6.07) is 18.5. The number of para-hydroxylation sites is 1. The Kier molecular flexibility index (Phi) is 9.05. The third-order valence-corrected chi connectivity index (χ3v) is 8.46. The van der Waals surface area contributed by atoms with Gasteiger partial charge in [0.05, 0.1) is 16.8 Å². The smallest absolute Gasteiger partial charge is 0.252 e. The van der Waals surface area contributed by atoms with Crippen molar-refractivity contribution in [3.8, 4) is 11.3 Å². The molecule has 0 bridgehead atoms. The van der Waals surface area contributed by atoms with E-state index in [4.69, 9.17) is 4.98 Å². The molecule has 0 radical (unpaired) electrons. The summed E-state index contributed by atoms with van der Waals surface area (Å²) in [7, 11) is 0. The molecule has 0 spiro atoms. The van der Waals surface area contributed by atoms with Crippen LogP contribution in [0.4, 0.5) is 0 Å². The summed E-state index contributed by atoms with van der Waals surface area (Å²) in [4.78, 5) is 24.1. The highest BCUT2D eigenvalue weighted by Gasteiger charge is 2.28. The van der Waals surface area contributed by atoms with E-state index in [-0.39, 0.29) is 18.6 Å². The Morgan fingerprint density at radius 2 is 1.66 bits per heavy atom. The van der Waals surface area contributed by atoms with Crippen LogP contribution in [0.2, 0.25) is 0 Å². The minimum absolute atomic E-state index is 0.0236. The van der Waals surface area contributed by atoms with Crippen molar-refractivity contribution >= 4 is 16.8 Å². The van der Waals surface area contributed by atoms with Gasteiger partial charge >= 0.3 is 0 Å². The maximum absolute atomic E-state index is 14.1. The maximum Gasteiger partial charge on any atom is 0.252 e. The van der Waals surface area contributed by atoms with Crippen LogP contribution in [0.25, 0.3) is 22.2 Å². The van der Waals surface area contributed by atoms with Crippen LogP contribution in [0.5, 0.6) is 0 Å². The van der Waals surface area contributed by atoms with Crippen molar-refractivity contribution in [2.24, 2.45) is 5.92 Å². The number of hydrogen-bond acceptors (Lipinski definition) is 5. The molecule has 3 aromatic rings. The zero-order valence-electron chi connectivity index (χ0n) is 22.7. The number of aliphatic hydroxyl groups is 1. The SMILES string of the molecule is C[C@H](NC(=O)c1c(CN2CCN(CCCO)CC2)c(-c2ccccc2)nc2ccccc12)C1CCCCC1. The maximum atomic E-state index is 14.1. The van der Waals surface area contributed by atoms with Crippen molar-refractivity contribution in [1.29, 1.82) is 0 Å². The molecule has 202 valence electrons. The quantitative estimate of drug-likeness (QED) is 0.416. The first-order valence-corrected chi connectivity index (χ1v) is 14.5. The average Bonchev–Trinajstić information content (AvgIpc) is 2.97. The molecule has 6 heteroatoms. The van der Waals surface area contributed by atoms with E-state index in [1.165, 1.54) is 32.1 Å². The second-order valence-electron chi connectivity index (χ2n) is 11.1. The van der Waals surface area contributed by atoms with Gasteiger partial charge in [0.2, 0.25) is 0 Å². The number of pyridine rings is 1. The molecular formula is C32H42N4O2. The lowest BCUT2D eigenvalue weighted by molar-refractivity contribution is 0.0916. The Balaban J connectivity index is 1.51. The highest BCUT2D eigenvalue weighted by atomic mass is 16.3. The van der Waals surface area contributed by atoms with Crippen molar-refractivity contribution < 1.29 is 9.90 Å². The molecule has 0 unspecified atom stereocenters. The molecule has 2 N–H and O–H groups in total. The fraction of sp³-hybridized carbons (Fsp3) is 0.500. The van der Waals surface area contributed by atoms with Crippen LogP contribution in [0, 0.1) is 5.92 Å². The van der Waals surface area contributed by atoms with Gasteiger partial charge in [-0.25, -0.2) is 4.98 Å². The standard InChI is InChI=1S/C32H42N4O2/c1-24(25-11-4-2-5-12-25)33-32(38)30-27-15-8-9-16-29(27)34-31(26-13-6-3-7-14-26)28(30)23-36-20-18-35(19-21-36)17-10-22-37/h3,6-9,13-16,24-25,37H,2,4-5,10-12,17-23H2,1H3,(H,33,38)/t24-/m0/s1. The molecule has 1 amide bonds. The zero-order valence-corrected chi connectivity index (χ0v) is 22.7. The van der Waals surface area contributed by atoms with E-state index in [1.807, 2.05) is 42.5 Å². The Labute approximate surface area is 227 Å². The second kappa shape index (κ2) is 12.8.